The van der Waals surface area contributed by atoms with Crippen LogP contribution in [0.15, 0.2) is 22.6 Å². The molecule has 0 radical (unpaired) electrons. The van der Waals surface area contributed by atoms with Crippen molar-refractivity contribution in [2.24, 2.45) is 0 Å². The molecule has 0 bridgehead atoms. The van der Waals surface area contributed by atoms with Crippen LogP contribution >= 0.6 is 11.6 Å². The maximum Gasteiger partial charge on any atom is 0.522 e. The predicted molar refractivity (Wildman–Crippen MR) is 115 cm³/mol. The lowest BCUT2D eigenvalue weighted by Gasteiger charge is -2.33. The molecule has 184 valence electrons. The number of ether oxygens (including phenoxy) is 2. The van der Waals surface area contributed by atoms with Gasteiger partial charge in [0.25, 0.3) is 5.91 Å². The third-order valence-corrected chi connectivity index (χ3v) is 6.84. The van der Waals surface area contributed by atoms with Gasteiger partial charge in [-0.25, -0.2) is 0 Å². The van der Waals surface area contributed by atoms with Gasteiger partial charge in [-0.15, -0.1) is 23.4 Å². The zero-order chi connectivity index (χ0) is 23.9. The van der Waals surface area contributed by atoms with Gasteiger partial charge < -0.3 is 19.8 Å². The highest BCUT2D eigenvalue weighted by Crippen LogP contribution is 2.42. The minimum Gasteiger partial charge on any atom is -0.477 e. The minimum absolute atomic E-state index is 0.0215. The van der Waals surface area contributed by atoms with E-state index >= 15 is 0 Å². The molecule has 5 rings (SSSR count). The predicted octanol–water partition coefficient (Wildman–Crippen LogP) is 4.52. The standard InChI is InChI=1S/C22H24ClF3N4O4/c23-13-3-6-17-16(9-13)27-10-18(32-17)19(31)28-14-4-1-11(2-5-14)20-29-30-21(33-20)12-7-15(8-12)34-22(24,25)26/h3,6,9,11-12,14-15,18,27H,1-2,4-5,7-8,10H2,(H,28,31). The highest BCUT2D eigenvalue weighted by molar-refractivity contribution is 6.30. The molecule has 34 heavy (non-hydrogen) atoms. The Labute approximate surface area is 198 Å². The number of hydrogen-bond acceptors (Lipinski definition) is 7. The van der Waals surface area contributed by atoms with Crippen LogP contribution in [0.25, 0.3) is 0 Å². The summed E-state index contributed by atoms with van der Waals surface area (Å²) in [4.78, 5) is 12.7. The Balaban J connectivity index is 1.07. The van der Waals surface area contributed by atoms with Gasteiger partial charge in [-0.3, -0.25) is 9.53 Å². The molecule has 0 spiro atoms. The van der Waals surface area contributed by atoms with Crippen LogP contribution in [0.2, 0.25) is 5.02 Å². The number of carbonyl (C=O) groups is 1. The molecular weight excluding hydrogens is 477 g/mol. The Morgan fingerprint density at radius 1 is 1.12 bits per heavy atom. The summed E-state index contributed by atoms with van der Waals surface area (Å²) in [5.41, 5.74) is 0.765. The Hall–Kier alpha value is -2.53. The summed E-state index contributed by atoms with van der Waals surface area (Å²) in [7, 11) is 0. The molecule has 12 heteroatoms. The van der Waals surface area contributed by atoms with Crippen LogP contribution in [-0.2, 0) is 9.53 Å². The highest BCUT2D eigenvalue weighted by atomic mass is 35.5. The Morgan fingerprint density at radius 2 is 1.82 bits per heavy atom. The van der Waals surface area contributed by atoms with Crippen molar-refractivity contribution in [3.63, 3.8) is 0 Å². The van der Waals surface area contributed by atoms with E-state index in [1.807, 2.05) is 0 Å². The zero-order valence-electron chi connectivity index (χ0n) is 18.1. The van der Waals surface area contributed by atoms with E-state index in [0.717, 1.165) is 31.4 Å². The molecule has 2 heterocycles. The zero-order valence-corrected chi connectivity index (χ0v) is 18.9. The lowest BCUT2D eigenvalue weighted by Crippen LogP contribution is -2.48. The van der Waals surface area contributed by atoms with Gasteiger partial charge in [-0.05, 0) is 56.7 Å². The first-order valence-corrected chi connectivity index (χ1v) is 11.7. The second kappa shape index (κ2) is 9.26. The summed E-state index contributed by atoms with van der Waals surface area (Å²) >= 11 is 5.98. The molecule has 1 aromatic heterocycles. The number of fused-ring (bicyclic) bond motifs is 1. The minimum atomic E-state index is -4.62. The van der Waals surface area contributed by atoms with E-state index in [1.54, 1.807) is 18.2 Å². The first kappa shape index (κ1) is 23.2. The number of nitrogens with one attached hydrogen (secondary N) is 2. The van der Waals surface area contributed by atoms with Crippen molar-refractivity contribution in [1.82, 2.24) is 15.5 Å². The van der Waals surface area contributed by atoms with Crippen LogP contribution in [0.3, 0.4) is 0 Å². The van der Waals surface area contributed by atoms with E-state index in [4.69, 9.17) is 20.8 Å². The van der Waals surface area contributed by atoms with E-state index in [0.29, 0.717) is 29.1 Å². The first-order chi connectivity index (χ1) is 16.2. The fourth-order valence-electron chi connectivity index (χ4n) is 4.69. The summed E-state index contributed by atoms with van der Waals surface area (Å²) in [6.07, 6.45) is -2.62. The fourth-order valence-corrected chi connectivity index (χ4v) is 4.87. The molecule has 2 fully saturated rings. The highest BCUT2D eigenvalue weighted by Gasteiger charge is 2.43. The van der Waals surface area contributed by atoms with Gasteiger partial charge in [0.15, 0.2) is 6.10 Å². The topological polar surface area (TPSA) is 98.5 Å². The van der Waals surface area contributed by atoms with Crippen molar-refractivity contribution in [3.8, 4) is 5.75 Å². The van der Waals surface area contributed by atoms with Crippen LogP contribution in [0.1, 0.15) is 62.1 Å². The summed E-state index contributed by atoms with van der Waals surface area (Å²) in [6, 6.07) is 5.23. The second-order valence-corrected chi connectivity index (χ2v) is 9.45. The van der Waals surface area contributed by atoms with E-state index in [2.05, 4.69) is 25.6 Å². The van der Waals surface area contributed by atoms with Crippen LogP contribution in [0.4, 0.5) is 18.9 Å². The molecular formula is C22H24ClF3N4O4. The number of amides is 1. The molecule has 2 aromatic rings. The van der Waals surface area contributed by atoms with Crippen molar-refractivity contribution in [3.05, 3.63) is 35.0 Å². The third kappa shape index (κ3) is 5.25. The molecule has 1 atom stereocenters. The normalized spacial score (nSPS) is 28.8. The van der Waals surface area contributed by atoms with Crippen LogP contribution < -0.4 is 15.4 Å². The summed E-state index contributed by atoms with van der Waals surface area (Å²) in [5, 5.41) is 15.0. The molecule has 1 aliphatic heterocycles. The Kier molecular flexibility index (Phi) is 6.32. The lowest BCUT2D eigenvalue weighted by atomic mass is 9.82. The van der Waals surface area contributed by atoms with Crippen LogP contribution in [-0.4, -0.2) is 47.3 Å². The molecule has 1 unspecified atom stereocenters. The molecule has 0 saturated heterocycles. The van der Waals surface area contributed by atoms with E-state index < -0.39 is 18.6 Å². The maximum absolute atomic E-state index is 12.7. The summed E-state index contributed by atoms with van der Waals surface area (Å²) in [5.74, 6) is 1.17. The van der Waals surface area contributed by atoms with Gasteiger partial charge in [0.05, 0.1) is 18.3 Å². The number of alkyl halides is 3. The van der Waals surface area contributed by atoms with Gasteiger partial charge >= 0.3 is 6.36 Å². The quantitative estimate of drug-likeness (QED) is 0.622. The Bertz CT molecular complexity index is 1040. The monoisotopic (exact) mass is 500 g/mol. The van der Waals surface area contributed by atoms with Crippen molar-refractivity contribution in [1.29, 1.82) is 0 Å². The van der Waals surface area contributed by atoms with Crippen LogP contribution in [0, 0.1) is 0 Å². The number of carbonyl (C=O) groups excluding carboxylic acids is 1. The molecule has 2 saturated carbocycles. The van der Waals surface area contributed by atoms with Crippen molar-refractivity contribution >= 4 is 23.2 Å². The summed E-state index contributed by atoms with van der Waals surface area (Å²) < 4.78 is 52.4. The first-order valence-electron chi connectivity index (χ1n) is 11.3. The molecule has 1 amide bonds. The number of nitrogens with zero attached hydrogens (tertiary/aromatic N) is 2. The molecule has 3 aliphatic rings. The van der Waals surface area contributed by atoms with Crippen molar-refractivity contribution in [2.75, 3.05) is 11.9 Å². The number of rotatable bonds is 5. The fraction of sp³-hybridized carbons (Fsp3) is 0.591. The van der Waals surface area contributed by atoms with Gasteiger partial charge in [-0.1, -0.05) is 11.6 Å². The van der Waals surface area contributed by atoms with Crippen molar-refractivity contribution < 1.29 is 31.9 Å². The van der Waals surface area contributed by atoms with E-state index in [-0.39, 0.29) is 36.6 Å². The van der Waals surface area contributed by atoms with E-state index in [1.165, 1.54) is 0 Å². The van der Waals surface area contributed by atoms with Gasteiger partial charge in [-0.2, -0.15) is 0 Å². The molecule has 2 N–H and O–H groups in total. The Morgan fingerprint density at radius 3 is 2.53 bits per heavy atom. The number of hydrogen-bond donors (Lipinski definition) is 2. The average molecular weight is 501 g/mol. The van der Waals surface area contributed by atoms with Gasteiger partial charge in [0.2, 0.25) is 11.8 Å². The van der Waals surface area contributed by atoms with E-state index in [9.17, 15) is 18.0 Å². The van der Waals surface area contributed by atoms with Crippen LogP contribution in [0.5, 0.6) is 5.75 Å². The maximum atomic E-state index is 12.7. The van der Waals surface area contributed by atoms with Gasteiger partial charge in [0.1, 0.15) is 5.75 Å². The average Bonchev–Trinajstić information content (AvgIpc) is 3.25. The largest absolute Gasteiger partial charge is 0.522 e. The third-order valence-electron chi connectivity index (χ3n) is 6.60. The van der Waals surface area contributed by atoms with Crippen molar-refractivity contribution in [2.45, 2.75) is 75.0 Å². The molecule has 8 nitrogen and oxygen atoms in total. The summed E-state index contributed by atoms with van der Waals surface area (Å²) in [6.45, 7) is 0.356. The smallest absolute Gasteiger partial charge is 0.477 e. The lowest BCUT2D eigenvalue weighted by molar-refractivity contribution is -0.352. The number of halogens is 4. The SMILES string of the molecule is O=C(NC1CCC(c2nnc(C3CC(OC(F)(F)F)C3)o2)CC1)C1CNc2cc(Cl)ccc2O1. The van der Waals surface area contributed by atoms with Gasteiger partial charge in [0, 0.05) is 22.9 Å². The molecule has 1 aromatic carbocycles. The molecule has 2 aliphatic carbocycles. The number of aromatic nitrogens is 2. The number of anilines is 1. The number of benzene rings is 1. The second-order valence-electron chi connectivity index (χ2n) is 9.02.